The predicted octanol–water partition coefficient (Wildman–Crippen LogP) is 3.46. The number of aliphatic imine (C=N–C) groups is 1. The van der Waals surface area contributed by atoms with Gasteiger partial charge in [0.15, 0.2) is 5.96 Å². The second-order valence-electron chi connectivity index (χ2n) is 6.45. The van der Waals surface area contributed by atoms with E-state index in [1.54, 1.807) is 7.05 Å². The van der Waals surface area contributed by atoms with E-state index < -0.39 is 0 Å². The van der Waals surface area contributed by atoms with Gasteiger partial charge in [0.2, 0.25) is 0 Å². The molecule has 0 bridgehead atoms. The number of unbranched alkanes of at least 4 members (excludes halogenated alkanes) is 1. The number of benzene rings is 1. The van der Waals surface area contributed by atoms with Crippen molar-refractivity contribution in [2.75, 3.05) is 33.4 Å². The number of hydrogen-bond acceptors (Lipinski definition) is 3. The Morgan fingerprint density at radius 3 is 2.61 bits per heavy atom. The summed E-state index contributed by atoms with van der Waals surface area (Å²) in [6, 6.07) is 10.5. The van der Waals surface area contributed by atoms with Gasteiger partial charge in [0, 0.05) is 58.7 Å². The summed E-state index contributed by atoms with van der Waals surface area (Å²) in [6.45, 7) is 6.32. The van der Waals surface area contributed by atoms with E-state index in [0.29, 0.717) is 0 Å². The summed E-state index contributed by atoms with van der Waals surface area (Å²) >= 11 is 0. The molecule has 1 heterocycles. The summed E-state index contributed by atoms with van der Waals surface area (Å²) in [6.07, 6.45) is 8.04. The summed E-state index contributed by atoms with van der Waals surface area (Å²) in [4.78, 5) is 8.76. The summed E-state index contributed by atoms with van der Waals surface area (Å²) in [5.41, 5.74) is 1.28. The van der Waals surface area contributed by atoms with Crippen molar-refractivity contribution < 1.29 is 4.74 Å². The molecule has 2 N–H and O–H groups in total. The minimum Gasteiger partial charge on any atom is -0.381 e. The molecule has 0 fully saturated rings. The summed E-state index contributed by atoms with van der Waals surface area (Å²) in [5.74, 6) is 1.90. The zero-order valence-electron chi connectivity index (χ0n) is 17.1. The van der Waals surface area contributed by atoms with Gasteiger partial charge < -0.3 is 19.9 Å². The summed E-state index contributed by atoms with van der Waals surface area (Å²) in [7, 11) is 1.80. The number of hydrogen-bond donors (Lipinski definition) is 2. The Morgan fingerprint density at radius 2 is 1.86 bits per heavy atom. The van der Waals surface area contributed by atoms with Crippen molar-refractivity contribution in [1.82, 2.24) is 20.2 Å². The van der Waals surface area contributed by atoms with Crippen LogP contribution in [0.5, 0.6) is 0 Å². The molecule has 2 aromatic rings. The molecule has 0 unspecified atom stereocenters. The van der Waals surface area contributed by atoms with E-state index in [2.05, 4.69) is 56.4 Å². The number of ether oxygens (including phenoxy) is 1. The second kappa shape index (κ2) is 15.3. The Bertz CT molecular complexity index is 660. The van der Waals surface area contributed by atoms with Crippen LogP contribution in [0.1, 0.15) is 37.6 Å². The molecule has 0 atom stereocenters. The van der Waals surface area contributed by atoms with Crippen molar-refractivity contribution in [3.05, 3.63) is 54.1 Å². The highest BCUT2D eigenvalue weighted by atomic mass is 127. The van der Waals surface area contributed by atoms with Crippen LogP contribution < -0.4 is 10.6 Å². The SMILES string of the molecule is CCCCOCCCNC(=NC)NCCc1nccn1Cc1ccccc1.I. The fourth-order valence-electron chi connectivity index (χ4n) is 2.74. The maximum Gasteiger partial charge on any atom is 0.190 e. The van der Waals surface area contributed by atoms with Crippen LogP contribution in [-0.2, 0) is 17.7 Å². The minimum atomic E-state index is 0. The standard InChI is InChI=1S/C21H33N5O.HI/c1-3-4-16-27-17-8-12-24-21(22-2)25-13-11-20-23-14-15-26(20)18-19-9-6-5-7-10-19;/h5-7,9-10,14-15H,3-4,8,11-13,16-18H2,1-2H3,(H2,22,24,25);1H. The Labute approximate surface area is 186 Å². The van der Waals surface area contributed by atoms with Gasteiger partial charge in [-0.2, -0.15) is 0 Å². The molecule has 2 rings (SSSR count). The first-order chi connectivity index (χ1) is 13.3. The number of halogens is 1. The first-order valence-electron chi connectivity index (χ1n) is 9.89. The van der Waals surface area contributed by atoms with Crippen LogP contribution in [-0.4, -0.2) is 48.9 Å². The lowest BCUT2D eigenvalue weighted by atomic mass is 10.2. The van der Waals surface area contributed by atoms with Gasteiger partial charge in [-0.25, -0.2) is 4.98 Å². The zero-order valence-corrected chi connectivity index (χ0v) is 19.4. The number of nitrogens with one attached hydrogen (secondary N) is 2. The lowest BCUT2D eigenvalue weighted by Crippen LogP contribution is -2.39. The van der Waals surface area contributed by atoms with Gasteiger partial charge in [-0.1, -0.05) is 43.7 Å². The summed E-state index contributed by atoms with van der Waals surface area (Å²) in [5, 5.41) is 6.68. The van der Waals surface area contributed by atoms with E-state index in [-0.39, 0.29) is 24.0 Å². The highest BCUT2D eigenvalue weighted by Crippen LogP contribution is 2.05. The molecule has 6 nitrogen and oxygen atoms in total. The topological polar surface area (TPSA) is 63.5 Å². The highest BCUT2D eigenvalue weighted by Gasteiger charge is 2.04. The maximum atomic E-state index is 5.57. The van der Waals surface area contributed by atoms with Crippen molar-refractivity contribution in [1.29, 1.82) is 0 Å². The van der Waals surface area contributed by atoms with Gasteiger partial charge >= 0.3 is 0 Å². The molecular weight excluding hydrogens is 465 g/mol. The Morgan fingerprint density at radius 1 is 1.11 bits per heavy atom. The van der Waals surface area contributed by atoms with Crippen LogP contribution >= 0.6 is 24.0 Å². The largest absolute Gasteiger partial charge is 0.381 e. The Kier molecular flexibility index (Phi) is 13.4. The van der Waals surface area contributed by atoms with Crippen LogP contribution in [0.2, 0.25) is 0 Å². The van der Waals surface area contributed by atoms with E-state index in [4.69, 9.17) is 4.74 Å². The van der Waals surface area contributed by atoms with Crippen LogP contribution in [0.15, 0.2) is 47.7 Å². The van der Waals surface area contributed by atoms with Crippen LogP contribution in [0.4, 0.5) is 0 Å². The fraction of sp³-hybridized carbons (Fsp3) is 0.524. The zero-order chi connectivity index (χ0) is 19.2. The smallest absolute Gasteiger partial charge is 0.190 e. The first kappa shape index (κ1) is 24.4. The van der Waals surface area contributed by atoms with Crippen molar-refractivity contribution in [2.24, 2.45) is 4.99 Å². The van der Waals surface area contributed by atoms with E-state index in [1.165, 1.54) is 12.0 Å². The van der Waals surface area contributed by atoms with Gasteiger partial charge in [-0.3, -0.25) is 4.99 Å². The van der Waals surface area contributed by atoms with Gasteiger partial charge in [-0.15, -0.1) is 24.0 Å². The van der Waals surface area contributed by atoms with Crippen molar-refractivity contribution in [3.63, 3.8) is 0 Å². The molecule has 1 aromatic heterocycles. The lowest BCUT2D eigenvalue weighted by molar-refractivity contribution is 0.129. The lowest BCUT2D eigenvalue weighted by Gasteiger charge is -2.13. The predicted molar refractivity (Wildman–Crippen MR) is 127 cm³/mol. The third-order valence-corrected chi connectivity index (χ3v) is 4.26. The molecule has 28 heavy (non-hydrogen) atoms. The van der Waals surface area contributed by atoms with Crippen LogP contribution in [0.25, 0.3) is 0 Å². The number of aromatic nitrogens is 2. The third kappa shape index (κ3) is 9.54. The average molecular weight is 499 g/mol. The van der Waals surface area contributed by atoms with Gasteiger partial charge in [0.1, 0.15) is 5.82 Å². The molecule has 0 amide bonds. The van der Waals surface area contributed by atoms with Gasteiger partial charge in [0.25, 0.3) is 0 Å². The highest BCUT2D eigenvalue weighted by molar-refractivity contribution is 14.0. The van der Waals surface area contributed by atoms with Crippen LogP contribution in [0, 0.1) is 0 Å². The minimum absolute atomic E-state index is 0. The molecule has 0 aliphatic heterocycles. The second-order valence-corrected chi connectivity index (χ2v) is 6.45. The quantitative estimate of drug-likeness (QED) is 0.203. The molecule has 0 spiro atoms. The number of imidazole rings is 1. The Hall–Kier alpha value is -1.61. The van der Waals surface area contributed by atoms with Crippen molar-refractivity contribution >= 4 is 29.9 Å². The number of rotatable bonds is 12. The monoisotopic (exact) mass is 499 g/mol. The molecule has 0 aliphatic rings. The maximum absolute atomic E-state index is 5.57. The molecule has 1 aromatic carbocycles. The van der Waals surface area contributed by atoms with Crippen molar-refractivity contribution in [2.45, 2.75) is 39.2 Å². The molecule has 0 saturated carbocycles. The first-order valence-corrected chi connectivity index (χ1v) is 9.89. The number of guanidine groups is 1. The van der Waals surface area contributed by atoms with E-state index in [9.17, 15) is 0 Å². The van der Waals surface area contributed by atoms with E-state index >= 15 is 0 Å². The van der Waals surface area contributed by atoms with Gasteiger partial charge in [-0.05, 0) is 18.4 Å². The van der Waals surface area contributed by atoms with Crippen molar-refractivity contribution in [3.8, 4) is 0 Å². The molecule has 156 valence electrons. The molecule has 0 aliphatic carbocycles. The molecular formula is C21H34IN5O. The molecule has 0 saturated heterocycles. The van der Waals surface area contributed by atoms with Crippen LogP contribution in [0.3, 0.4) is 0 Å². The van der Waals surface area contributed by atoms with Gasteiger partial charge in [0.05, 0.1) is 0 Å². The molecule has 7 heteroatoms. The molecule has 0 radical (unpaired) electrons. The Balaban J connectivity index is 0.00000392. The third-order valence-electron chi connectivity index (χ3n) is 4.26. The number of nitrogens with zero attached hydrogens (tertiary/aromatic N) is 3. The normalized spacial score (nSPS) is 11.1. The average Bonchev–Trinajstić information content (AvgIpc) is 3.13. The fourth-order valence-corrected chi connectivity index (χ4v) is 2.74. The van der Waals surface area contributed by atoms with E-state index in [1.807, 2.05) is 18.5 Å². The van der Waals surface area contributed by atoms with E-state index in [0.717, 1.165) is 63.9 Å². The summed E-state index contributed by atoms with van der Waals surface area (Å²) < 4.78 is 7.77.